The molecule has 1 N–H and O–H groups in total. The van der Waals surface area contributed by atoms with Crippen LogP contribution < -0.4 is 19.5 Å². The van der Waals surface area contributed by atoms with Gasteiger partial charge in [0.15, 0.2) is 11.5 Å². The highest BCUT2D eigenvalue weighted by Crippen LogP contribution is 2.44. The first-order valence-electron chi connectivity index (χ1n) is 11.7. The molecule has 1 aliphatic carbocycles. The zero-order chi connectivity index (χ0) is 24.2. The molecule has 8 heteroatoms. The Bertz CT molecular complexity index is 1140. The lowest BCUT2D eigenvalue weighted by molar-refractivity contribution is 0.0952. The average Bonchev–Trinajstić information content (AvgIpc) is 3.17. The number of rotatable bonds is 10. The molecule has 1 fully saturated rings. The number of nitrogens with one attached hydrogen (secondary N) is 1. The van der Waals surface area contributed by atoms with Gasteiger partial charge in [-0.1, -0.05) is 0 Å². The molecule has 2 aromatic carbocycles. The van der Waals surface area contributed by atoms with Gasteiger partial charge in [-0.15, -0.1) is 0 Å². The lowest BCUT2D eigenvalue weighted by Gasteiger charge is -2.29. The van der Waals surface area contributed by atoms with Gasteiger partial charge in [-0.25, -0.2) is 4.98 Å². The highest BCUT2D eigenvalue weighted by Gasteiger charge is 2.27. The summed E-state index contributed by atoms with van der Waals surface area (Å²) in [5.41, 5.74) is 3.36. The summed E-state index contributed by atoms with van der Waals surface area (Å²) in [6, 6.07) is 9.94. The first-order chi connectivity index (χ1) is 16.5. The molecule has 1 saturated carbocycles. The second-order valence-electron chi connectivity index (χ2n) is 8.92. The van der Waals surface area contributed by atoms with Crippen molar-refractivity contribution in [3.63, 3.8) is 0 Å². The number of carbonyl (C=O) groups excluding carboxylic acids is 1. The van der Waals surface area contributed by atoms with E-state index in [-0.39, 0.29) is 5.91 Å². The molecule has 0 bridgehead atoms. The van der Waals surface area contributed by atoms with E-state index in [2.05, 4.69) is 14.8 Å². The summed E-state index contributed by atoms with van der Waals surface area (Å²) < 4.78 is 18.9. The Morgan fingerprint density at radius 2 is 1.79 bits per heavy atom. The number of aromatic nitrogens is 2. The summed E-state index contributed by atoms with van der Waals surface area (Å²) in [5, 5.41) is 3.03. The molecule has 0 atom stereocenters. The molecule has 0 unspecified atom stereocenters. The van der Waals surface area contributed by atoms with Crippen molar-refractivity contribution >= 4 is 16.9 Å². The van der Waals surface area contributed by atoms with Gasteiger partial charge < -0.3 is 29.0 Å². The minimum atomic E-state index is -0.0589. The SMILES string of the molecule is COc1cc(-c2nc3ccc(C(=O)NCCCN(C)C)cc3n2C2CCC2)cc(OC)c1OC. The maximum absolute atomic E-state index is 12.8. The molecular weight excluding hydrogens is 432 g/mol. The third-order valence-corrected chi connectivity index (χ3v) is 6.38. The van der Waals surface area contributed by atoms with Crippen LogP contribution in [0.2, 0.25) is 0 Å². The molecule has 1 aromatic heterocycles. The monoisotopic (exact) mass is 466 g/mol. The minimum absolute atomic E-state index is 0.0589. The second kappa shape index (κ2) is 10.3. The first-order valence-corrected chi connectivity index (χ1v) is 11.7. The summed E-state index contributed by atoms with van der Waals surface area (Å²) in [5.74, 6) is 2.50. The highest BCUT2D eigenvalue weighted by molar-refractivity contribution is 5.98. The highest BCUT2D eigenvalue weighted by atomic mass is 16.5. The van der Waals surface area contributed by atoms with Crippen molar-refractivity contribution < 1.29 is 19.0 Å². The number of carbonyl (C=O) groups is 1. The van der Waals surface area contributed by atoms with Crippen LogP contribution in [0.15, 0.2) is 30.3 Å². The van der Waals surface area contributed by atoms with Crippen LogP contribution in [0.25, 0.3) is 22.4 Å². The van der Waals surface area contributed by atoms with E-state index >= 15 is 0 Å². The van der Waals surface area contributed by atoms with Crippen molar-refractivity contribution in [3.05, 3.63) is 35.9 Å². The number of hydrogen-bond donors (Lipinski definition) is 1. The largest absolute Gasteiger partial charge is 0.493 e. The molecule has 1 heterocycles. The quantitative estimate of drug-likeness (QED) is 0.453. The normalized spacial score (nSPS) is 13.7. The molecule has 0 aliphatic heterocycles. The fourth-order valence-corrected chi connectivity index (χ4v) is 4.36. The van der Waals surface area contributed by atoms with Crippen LogP contribution in [0.4, 0.5) is 0 Å². The summed E-state index contributed by atoms with van der Waals surface area (Å²) in [4.78, 5) is 19.9. The number of hydrogen-bond acceptors (Lipinski definition) is 6. The van der Waals surface area contributed by atoms with Gasteiger partial charge in [-0.05, 0) is 76.7 Å². The molecule has 1 aliphatic rings. The smallest absolute Gasteiger partial charge is 0.251 e. The average molecular weight is 467 g/mol. The molecule has 8 nitrogen and oxygen atoms in total. The number of imidazole rings is 1. The maximum Gasteiger partial charge on any atom is 0.251 e. The Balaban J connectivity index is 1.73. The van der Waals surface area contributed by atoms with Crippen LogP contribution in [0.1, 0.15) is 42.1 Å². The number of methoxy groups -OCH3 is 3. The predicted molar refractivity (Wildman–Crippen MR) is 133 cm³/mol. The summed E-state index contributed by atoms with van der Waals surface area (Å²) >= 11 is 0. The van der Waals surface area contributed by atoms with Gasteiger partial charge in [0.2, 0.25) is 5.75 Å². The fourth-order valence-electron chi connectivity index (χ4n) is 4.36. The Hall–Kier alpha value is -3.26. The van der Waals surface area contributed by atoms with Gasteiger partial charge in [-0.3, -0.25) is 4.79 Å². The van der Waals surface area contributed by atoms with E-state index in [0.29, 0.717) is 35.4 Å². The van der Waals surface area contributed by atoms with E-state index in [1.165, 1.54) is 6.42 Å². The standard InChI is InChI=1S/C26H34N4O4/c1-29(2)13-7-12-27-26(31)17-10-11-20-21(14-17)30(19-8-6-9-19)25(28-20)18-15-22(32-3)24(34-5)23(16-18)33-4/h10-11,14-16,19H,6-9,12-13H2,1-5H3,(H,27,31). The zero-order valence-electron chi connectivity index (χ0n) is 20.7. The molecule has 1 amide bonds. The van der Waals surface area contributed by atoms with E-state index < -0.39 is 0 Å². The maximum atomic E-state index is 12.8. The number of nitrogens with zero attached hydrogens (tertiary/aromatic N) is 3. The zero-order valence-corrected chi connectivity index (χ0v) is 20.7. The minimum Gasteiger partial charge on any atom is -0.493 e. The Morgan fingerprint density at radius 1 is 1.09 bits per heavy atom. The van der Waals surface area contributed by atoms with E-state index in [9.17, 15) is 4.79 Å². The van der Waals surface area contributed by atoms with Gasteiger partial charge in [-0.2, -0.15) is 0 Å². The summed E-state index contributed by atoms with van der Waals surface area (Å²) in [6.45, 7) is 1.58. The van der Waals surface area contributed by atoms with Gasteiger partial charge in [0, 0.05) is 23.7 Å². The third-order valence-electron chi connectivity index (χ3n) is 6.38. The number of benzene rings is 2. The second-order valence-corrected chi connectivity index (χ2v) is 8.92. The van der Waals surface area contributed by atoms with E-state index in [1.54, 1.807) is 21.3 Å². The topological polar surface area (TPSA) is 77.9 Å². The third kappa shape index (κ3) is 4.68. The lowest BCUT2D eigenvalue weighted by atomic mass is 9.92. The summed E-state index contributed by atoms with van der Waals surface area (Å²) in [6.07, 6.45) is 4.27. The van der Waals surface area contributed by atoms with E-state index in [4.69, 9.17) is 19.2 Å². The molecule has 0 spiro atoms. The van der Waals surface area contributed by atoms with Gasteiger partial charge in [0.05, 0.1) is 32.4 Å². The van der Waals surface area contributed by atoms with Crippen molar-refractivity contribution in [3.8, 4) is 28.6 Å². The van der Waals surface area contributed by atoms with Crippen LogP contribution >= 0.6 is 0 Å². The van der Waals surface area contributed by atoms with Crippen molar-refractivity contribution in [1.29, 1.82) is 0 Å². The van der Waals surface area contributed by atoms with E-state index in [1.807, 2.05) is 44.4 Å². The molecule has 0 radical (unpaired) electrons. The van der Waals surface area contributed by atoms with Crippen molar-refractivity contribution in [2.75, 3.05) is 48.5 Å². The van der Waals surface area contributed by atoms with Gasteiger partial charge in [0.25, 0.3) is 5.91 Å². The van der Waals surface area contributed by atoms with Crippen LogP contribution in [-0.2, 0) is 0 Å². The molecule has 0 saturated heterocycles. The molecule has 34 heavy (non-hydrogen) atoms. The van der Waals surface area contributed by atoms with Crippen molar-refractivity contribution in [2.24, 2.45) is 0 Å². The van der Waals surface area contributed by atoms with Crippen molar-refractivity contribution in [2.45, 2.75) is 31.7 Å². The number of fused-ring (bicyclic) bond motifs is 1. The van der Waals surface area contributed by atoms with Crippen LogP contribution in [0.3, 0.4) is 0 Å². The molecular formula is C26H34N4O4. The van der Waals surface area contributed by atoms with Crippen molar-refractivity contribution in [1.82, 2.24) is 19.8 Å². The number of ether oxygens (including phenoxy) is 3. The number of amides is 1. The Labute approximate surface area is 200 Å². The lowest BCUT2D eigenvalue weighted by Crippen LogP contribution is -2.27. The van der Waals surface area contributed by atoms with Crippen LogP contribution in [0, 0.1) is 0 Å². The molecule has 182 valence electrons. The van der Waals surface area contributed by atoms with Gasteiger partial charge >= 0.3 is 0 Å². The van der Waals surface area contributed by atoms with Gasteiger partial charge in [0.1, 0.15) is 5.82 Å². The molecule has 4 rings (SSSR count). The predicted octanol–water partition coefficient (Wildman–Crippen LogP) is 4.14. The fraction of sp³-hybridized carbons (Fsp3) is 0.462. The Kier molecular flexibility index (Phi) is 7.26. The Morgan fingerprint density at radius 3 is 2.35 bits per heavy atom. The van der Waals surface area contributed by atoms with E-state index in [0.717, 1.165) is 48.2 Å². The first kappa shape index (κ1) is 23.9. The van der Waals surface area contributed by atoms with Crippen LogP contribution in [0.5, 0.6) is 17.2 Å². The van der Waals surface area contributed by atoms with Crippen LogP contribution in [-0.4, -0.2) is 68.9 Å². The summed E-state index contributed by atoms with van der Waals surface area (Å²) in [7, 11) is 8.88. The molecule has 3 aromatic rings.